The molecule has 0 spiro atoms. The molecule has 3 rings (SSSR count). The quantitative estimate of drug-likeness (QED) is 0.584. The summed E-state index contributed by atoms with van der Waals surface area (Å²) in [7, 11) is 2.98. The standard InChI is InChI=1S/C20H17Cl2NO5/c1-26-17-5-3-12(9-14(17)18-6-4-13(10-24)28-18)23-20(25)11-7-15(21)19(27-2)16(22)8-11/h3-9,24H,10H2,1-2H3,(H,23,25). The van der Waals surface area contributed by atoms with Gasteiger partial charge < -0.3 is 24.3 Å². The van der Waals surface area contributed by atoms with Gasteiger partial charge in [0.2, 0.25) is 0 Å². The van der Waals surface area contributed by atoms with Gasteiger partial charge in [-0.05, 0) is 42.5 Å². The van der Waals surface area contributed by atoms with E-state index in [4.69, 9.17) is 37.1 Å². The van der Waals surface area contributed by atoms with Crippen LogP contribution < -0.4 is 14.8 Å². The van der Waals surface area contributed by atoms with Gasteiger partial charge in [0.15, 0.2) is 5.75 Å². The Bertz CT molecular complexity index is 993. The van der Waals surface area contributed by atoms with Crippen LogP contribution in [-0.2, 0) is 6.61 Å². The maximum atomic E-state index is 12.6. The molecule has 28 heavy (non-hydrogen) atoms. The smallest absolute Gasteiger partial charge is 0.255 e. The molecule has 0 saturated carbocycles. The zero-order valence-electron chi connectivity index (χ0n) is 15.1. The highest BCUT2D eigenvalue weighted by atomic mass is 35.5. The number of hydrogen-bond donors (Lipinski definition) is 2. The van der Waals surface area contributed by atoms with Crippen LogP contribution in [0.15, 0.2) is 46.9 Å². The van der Waals surface area contributed by atoms with Gasteiger partial charge in [-0.15, -0.1) is 0 Å². The van der Waals surface area contributed by atoms with Crippen molar-refractivity contribution in [1.29, 1.82) is 0 Å². The number of carbonyl (C=O) groups excluding carboxylic acids is 1. The fourth-order valence-corrected chi connectivity index (χ4v) is 3.32. The van der Waals surface area contributed by atoms with Crippen LogP contribution in [0, 0.1) is 0 Å². The zero-order valence-corrected chi connectivity index (χ0v) is 16.6. The van der Waals surface area contributed by atoms with Crippen molar-refractivity contribution in [2.24, 2.45) is 0 Å². The van der Waals surface area contributed by atoms with E-state index in [1.54, 1.807) is 30.3 Å². The number of hydrogen-bond acceptors (Lipinski definition) is 5. The van der Waals surface area contributed by atoms with Gasteiger partial charge in [0.05, 0.1) is 29.8 Å². The third-order valence-electron chi connectivity index (χ3n) is 4.00. The second-order valence-electron chi connectivity index (χ2n) is 5.77. The average molecular weight is 422 g/mol. The van der Waals surface area contributed by atoms with Gasteiger partial charge in [0.1, 0.15) is 23.9 Å². The number of ether oxygens (including phenoxy) is 2. The topological polar surface area (TPSA) is 80.9 Å². The fraction of sp³-hybridized carbons (Fsp3) is 0.150. The Balaban J connectivity index is 1.90. The van der Waals surface area contributed by atoms with E-state index in [0.717, 1.165) is 0 Å². The fourth-order valence-electron chi connectivity index (χ4n) is 2.68. The molecule has 0 unspecified atom stereocenters. The molecule has 8 heteroatoms. The van der Waals surface area contributed by atoms with Crippen molar-refractivity contribution < 1.29 is 23.8 Å². The Hall–Kier alpha value is -2.67. The molecule has 146 valence electrons. The van der Waals surface area contributed by atoms with Gasteiger partial charge in [-0.25, -0.2) is 0 Å². The normalized spacial score (nSPS) is 10.6. The molecule has 2 aromatic carbocycles. The number of halogens is 2. The van der Waals surface area contributed by atoms with E-state index in [9.17, 15) is 9.90 Å². The molecule has 2 N–H and O–H groups in total. The minimum Gasteiger partial charge on any atom is -0.496 e. The molecule has 0 bridgehead atoms. The Morgan fingerprint density at radius 1 is 1.07 bits per heavy atom. The lowest BCUT2D eigenvalue weighted by Crippen LogP contribution is -2.12. The number of rotatable bonds is 6. The number of amides is 1. The van der Waals surface area contributed by atoms with Crippen LogP contribution in [0.1, 0.15) is 16.1 Å². The number of aliphatic hydroxyl groups is 1. The highest BCUT2D eigenvalue weighted by Gasteiger charge is 2.16. The molecule has 0 aliphatic heterocycles. The van der Waals surface area contributed by atoms with Crippen LogP contribution >= 0.6 is 23.2 Å². The van der Waals surface area contributed by atoms with Crippen LogP contribution in [0.5, 0.6) is 11.5 Å². The first-order valence-corrected chi connectivity index (χ1v) is 8.94. The summed E-state index contributed by atoms with van der Waals surface area (Å²) in [6.07, 6.45) is 0. The van der Waals surface area contributed by atoms with Crippen molar-refractivity contribution in [2.75, 3.05) is 19.5 Å². The van der Waals surface area contributed by atoms with Crippen molar-refractivity contribution in [2.45, 2.75) is 6.61 Å². The molecule has 0 saturated heterocycles. The van der Waals surface area contributed by atoms with E-state index < -0.39 is 5.91 Å². The molecule has 0 fully saturated rings. The summed E-state index contributed by atoms with van der Waals surface area (Å²) in [6, 6.07) is 11.5. The third-order valence-corrected chi connectivity index (χ3v) is 4.57. The minimum absolute atomic E-state index is 0.211. The van der Waals surface area contributed by atoms with Crippen molar-refractivity contribution in [1.82, 2.24) is 0 Å². The second-order valence-corrected chi connectivity index (χ2v) is 6.58. The number of nitrogens with one attached hydrogen (secondary N) is 1. The molecule has 0 aliphatic rings. The van der Waals surface area contributed by atoms with E-state index in [2.05, 4.69) is 5.32 Å². The van der Waals surface area contributed by atoms with Gasteiger partial charge >= 0.3 is 0 Å². The predicted octanol–water partition coefficient (Wildman–Crippen LogP) is 5.02. The van der Waals surface area contributed by atoms with Crippen LogP contribution in [0.3, 0.4) is 0 Å². The number of carbonyl (C=O) groups is 1. The maximum absolute atomic E-state index is 12.6. The summed E-state index contributed by atoms with van der Waals surface area (Å²) < 4.78 is 16.0. The van der Waals surface area contributed by atoms with Crippen LogP contribution in [0.4, 0.5) is 5.69 Å². The molecule has 0 aliphatic carbocycles. The zero-order chi connectivity index (χ0) is 20.3. The Labute approximate surface area is 171 Å². The van der Waals surface area contributed by atoms with E-state index in [1.165, 1.54) is 26.4 Å². The summed E-state index contributed by atoms with van der Waals surface area (Å²) in [6.45, 7) is -0.211. The largest absolute Gasteiger partial charge is 0.496 e. The van der Waals surface area contributed by atoms with Gasteiger partial charge in [-0.1, -0.05) is 23.2 Å². The number of anilines is 1. The minimum atomic E-state index is -0.391. The first-order valence-electron chi connectivity index (χ1n) is 8.19. The van der Waals surface area contributed by atoms with E-state index >= 15 is 0 Å². The van der Waals surface area contributed by atoms with Gasteiger partial charge in [0, 0.05) is 11.3 Å². The lowest BCUT2D eigenvalue weighted by molar-refractivity contribution is 0.102. The van der Waals surface area contributed by atoms with Crippen LogP contribution in [-0.4, -0.2) is 25.2 Å². The number of furan rings is 1. The maximum Gasteiger partial charge on any atom is 0.255 e. The van der Waals surface area contributed by atoms with Crippen molar-refractivity contribution in [3.05, 3.63) is 63.8 Å². The van der Waals surface area contributed by atoms with Crippen molar-refractivity contribution in [3.63, 3.8) is 0 Å². The highest BCUT2D eigenvalue weighted by Crippen LogP contribution is 2.35. The Kier molecular flexibility index (Phi) is 6.14. The molecular formula is C20H17Cl2NO5. The Morgan fingerprint density at radius 2 is 1.79 bits per heavy atom. The highest BCUT2D eigenvalue weighted by molar-refractivity contribution is 6.37. The summed E-state index contributed by atoms with van der Waals surface area (Å²) in [5, 5.41) is 12.5. The number of benzene rings is 2. The third kappa shape index (κ3) is 4.09. The van der Waals surface area contributed by atoms with E-state index in [-0.39, 0.29) is 22.2 Å². The lowest BCUT2D eigenvalue weighted by Gasteiger charge is -2.12. The monoisotopic (exact) mass is 421 g/mol. The van der Waals surface area contributed by atoms with Crippen molar-refractivity contribution in [3.8, 4) is 22.8 Å². The van der Waals surface area contributed by atoms with Gasteiger partial charge in [-0.2, -0.15) is 0 Å². The molecule has 1 amide bonds. The average Bonchev–Trinajstić information content (AvgIpc) is 3.16. The van der Waals surface area contributed by atoms with Crippen LogP contribution in [0.2, 0.25) is 10.0 Å². The molecule has 3 aromatic rings. The molecular weight excluding hydrogens is 405 g/mol. The molecule has 1 aromatic heterocycles. The predicted molar refractivity (Wildman–Crippen MR) is 108 cm³/mol. The number of methoxy groups -OCH3 is 2. The summed E-state index contributed by atoms with van der Waals surface area (Å²) in [5.74, 6) is 1.41. The molecule has 6 nitrogen and oxygen atoms in total. The molecule has 1 heterocycles. The van der Waals surface area contributed by atoms with Crippen molar-refractivity contribution >= 4 is 34.8 Å². The SMILES string of the molecule is COc1ccc(NC(=O)c2cc(Cl)c(OC)c(Cl)c2)cc1-c1ccc(CO)o1. The molecule has 0 radical (unpaired) electrons. The van der Waals surface area contributed by atoms with Gasteiger partial charge in [-0.3, -0.25) is 4.79 Å². The first-order chi connectivity index (χ1) is 13.5. The van der Waals surface area contributed by atoms with E-state index in [1.807, 2.05) is 0 Å². The summed E-state index contributed by atoms with van der Waals surface area (Å²) in [4.78, 5) is 12.6. The number of aliphatic hydroxyl groups excluding tert-OH is 1. The summed E-state index contributed by atoms with van der Waals surface area (Å²) >= 11 is 12.2. The van der Waals surface area contributed by atoms with E-state index in [0.29, 0.717) is 34.3 Å². The second kappa shape index (κ2) is 8.56. The Morgan fingerprint density at radius 3 is 2.36 bits per heavy atom. The lowest BCUT2D eigenvalue weighted by atomic mass is 10.1. The first kappa shape index (κ1) is 20.1. The molecule has 0 atom stereocenters. The summed E-state index contributed by atoms with van der Waals surface area (Å²) in [5.41, 5.74) is 1.44. The van der Waals surface area contributed by atoms with Crippen LogP contribution in [0.25, 0.3) is 11.3 Å². The van der Waals surface area contributed by atoms with Gasteiger partial charge in [0.25, 0.3) is 5.91 Å².